The zero-order valence-corrected chi connectivity index (χ0v) is 18.6. The van der Waals surface area contributed by atoms with Gasteiger partial charge in [0, 0.05) is 17.8 Å². The molecule has 0 bridgehead atoms. The lowest BCUT2D eigenvalue weighted by atomic mass is 10.0. The Morgan fingerprint density at radius 2 is 1.52 bits per heavy atom. The van der Waals surface area contributed by atoms with Crippen LogP contribution in [-0.2, 0) is 16.0 Å². The monoisotopic (exact) mass is 467 g/mol. The molecule has 3 rings (SSSR count). The maximum atomic E-state index is 13.7. The van der Waals surface area contributed by atoms with Crippen LogP contribution in [0.1, 0.15) is 31.8 Å². The van der Waals surface area contributed by atoms with Gasteiger partial charge in [0.05, 0.1) is 25.3 Å². The smallest absolute Gasteiger partial charge is 0.339 e. The minimum Gasteiger partial charge on any atom is -0.465 e. The van der Waals surface area contributed by atoms with Crippen LogP contribution in [0.2, 0.25) is 0 Å². The summed E-state index contributed by atoms with van der Waals surface area (Å²) in [7, 11) is 2.53. The van der Waals surface area contributed by atoms with Crippen molar-refractivity contribution in [3.63, 3.8) is 0 Å². The van der Waals surface area contributed by atoms with E-state index in [9.17, 15) is 18.4 Å². The fraction of sp³-hybridized carbons (Fsp3) is 0.120. The summed E-state index contributed by atoms with van der Waals surface area (Å²) in [4.78, 5) is 24.5. The van der Waals surface area contributed by atoms with Gasteiger partial charge in [0.1, 0.15) is 0 Å². The van der Waals surface area contributed by atoms with Crippen LogP contribution in [-0.4, -0.2) is 26.2 Å². The van der Waals surface area contributed by atoms with Gasteiger partial charge in [-0.2, -0.15) is 0 Å². The third-order valence-corrected chi connectivity index (χ3v) is 4.97. The zero-order valence-electron chi connectivity index (χ0n) is 17.7. The molecule has 0 saturated carbocycles. The van der Waals surface area contributed by atoms with E-state index in [0.29, 0.717) is 33.5 Å². The van der Waals surface area contributed by atoms with E-state index < -0.39 is 23.6 Å². The van der Waals surface area contributed by atoms with Crippen LogP contribution in [0.5, 0.6) is 0 Å². The highest BCUT2D eigenvalue weighted by Gasteiger charge is 2.16. The average Bonchev–Trinajstić information content (AvgIpc) is 2.83. The van der Waals surface area contributed by atoms with Crippen molar-refractivity contribution in [2.45, 2.75) is 6.54 Å². The van der Waals surface area contributed by atoms with Gasteiger partial charge < -0.3 is 14.8 Å². The highest BCUT2D eigenvalue weighted by Crippen LogP contribution is 2.28. The molecule has 0 aliphatic heterocycles. The Bertz CT molecular complexity index is 1280. The van der Waals surface area contributed by atoms with Crippen molar-refractivity contribution in [2.24, 2.45) is 0 Å². The van der Waals surface area contributed by atoms with E-state index in [-0.39, 0.29) is 12.1 Å². The SMILES string of the molecule is COC(=O)c1ccc(C#CS)cc1CNc1cc(-c2ccc(F)c(F)c2)ccc1C(=O)OC. The van der Waals surface area contributed by atoms with E-state index >= 15 is 0 Å². The Morgan fingerprint density at radius 1 is 0.879 bits per heavy atom. The molecule has 0 spiro atoms. The number of carbonyl (C=O) groups excluding carboxylic acids is 2. The van der Waals surface area contributed by atoms with Gasteiger partial charge in [-0.15, -0.1) is 0 Å². The standard InChI is InChI=1S/C25H19F2NO4S/c1-31-24(29)19-6-3-15(9-10-33)11-18(19)14-28-23-13-17(4-7-20(23)25(30)32-2)16-5-8-21(26)22(27)12-16/h3-8,11-13,28,33H,14H2,1-2H3. The van der Waals surface area contributed by atoms with Crippen molar-refractivity contribution in [2.75, 3.05) is 19.5 Å². The molecule has 0 saturated heterocycles. The minimum atomic E-state index is -0.983. The maximum absolute atomic E-state index is 13.7. The molecule has 1 N–H and O–H groups in total. The summed E-state index contributed by atoms with van der Waals surface area (Å²) in [6.07, 6.45) is 0. The Labute approximate surface area is 195 Å². The van der Waals surface area contributed by atoms with Crippen molar-refractivity contribution in [1.82, 2.24) is 0 Å². The van der Waals surface area contributed by atoms with Crippen molar-refractivity contribution >= 4 is 30.3 Å². The van der Waals surface area contributed by atoms with Gasteiger partial charge in [-0.1, -0.05) is 30.7 Å². The number of rotatable bonds is 6. The van der Waals surface area contributed by atoms with E-state index in [1.54, 1.807) is 30.3 Å². The second kappa shape index (κ2) is 10.7. The number of anilines is 1. The van der Waals surface area contributed by atoms with Crippen molar-refractivity contribution in [3.8, 4) is 22.3 Å². The maximum Gasteiger partial charge on any atom is 0.339 e. The molecule has 0 amide bonds. The van der Waals surface area contributed by atoms with E-state index in [2.05, 4.69) is 29.1 Å². The van der Waals surface area contributed by atoms with E-state index in [1.807, 2.05) is 0 Å². The predicted octanol–water partition coefficient (Wildman–Crippen LogP) is 5.06. The van der Waals surface area contributed by atoms with Gasteiger partial charge >= 0.3 is 11.9 Å². The fourth-order valence-corrected chi connectivity index (χ4v) is 3.34. The molecular formula is C25H19F2NO4S. The summed E-state index contributed by atoms with van der Waals surface area (Å²) in [5.74, 6) is -0.248. The molecule has 8 heteroatoms. The summed E-state index contributed by atoms with van der Waals surface area (Å²) >= 11 is 3.90. The third kappa shape index (κ3) is 5.51. The summed E-state index contributed by atoms with van der Waals surface area (Å²) < 4.78 is 36.8. The molecule has 168 valence electrons. The lowest BCUT2D eigenvalue weighted by molar-refractivity contribution is 0.0591. The highest BCUT2D eigenvalue weighted by molar-refractivity contribution is 7.85. The number of hydrogen-bond donors (Lipinski definition) is 2. The van der Waals surface area contributed by atoms with Crippen LogP contribution in [0.25, 0.3) is 11.1 Å². The summed E-state index contributed by atoms with van der Waals surface area (Å²) in [5, 5.41) is 5.63. The molecule has 0 atom stereocenters. The van der Waals surface area contributed by atoms with Crippen LogP contribution < -0.4 is 5.32 Å². The molecule has 0 aliphatic rings. The van der Waals surface area contributed by atoms with Crippen molar-refractivity contribution in [3.05, 3.63) is 88.5 Å². The minimum absolute atomic E-state index is 0.137. The molecule has 0 fully saturated rings. The first-order chi connectivity index (χ1) is 15.9. The first-order valence-electron chi connectivity index (χ1n) is 9.66. The number of thiol groups is 1. The number of carbonyl (C=O) groups is 2. The van der Waals surface area contributed by atoms with Gasteiger partial charge in [-0.05, 0) is 64.4 Å². The van der Waals surface area contributed by atoms with E-state index in [1.165, 1.54) is 26.4 Å². The molecule has 0 radical (unpaired) electrons. The summed E-state index contributed by atoms with van der Waals surface area (Å²) in [6.45, 7) is 0.137. The van der Waals surface area contributed by atoms with Crippen molar-refractivity contribution in [1.29, 1.82) is 0 Å². The van der Waals surface area contributed by atoms with E-state index in [4.69, 9.17) is 9.47 Å². The Balaban J connectivity index is 2.02. The predicted molar refractivity (Wildman–Crippen MR) is 124 cm³/mol. The zero-order chi connectivity index (χ0) is 24.0. The molecule has 3 aromatic rings. The molecule has 0 heterocycles. The van der Waals surface area contributed by atoms with Crippen molar-refractivity contribution < 1.29 is 27.8 Å². The highest BCUT2D eigenvalue weighted by atomic mass is 32.1. The number of esters is 2. The average molecular weight is 467 g/mol. The molecule has 3 aromatic carbocycles. The summed E-state index contributed by atoms with van der Waals surface area (Å²) in [6, 6.07) is 13.3. The number of hydrogen-bond acceptors (Lipinski definition) is 6. The molecule has 33 heavy (non-hydrogen) atoms. The van der Waals surface area contributed by atoms with Gasteiger partial charge in [-0.3, -0.25) is 0 Å². The van der Waals surface area contributed by atoms with Gasteiger partial charge in [-0.25, -0.2) is 18.4 Å². The Hall–Kier alpha value is -3.83. The van der Waals surface area contributed by atoms with Crippen LogP contribution >= 0.6 is 12.6 Å². The van der Waals surface area contributed by atoms with Gasteiger partial charge in [0.25, 0.3) is 0 Å². The van der Waals surface area contributed by atoms with Crippen LogP contribution in [0, 0.1) is 22.8 Å². The second-order valence-corrected chi connectivity index (χ2v) is 7.06. The molecule has 0 aliphatic carbocycles. The topological polar surface area (TPSA) is 64.6 Å². The quantitative estimate of drug-likeness (QED) is 0.302. The first kappa shape index (κ1) is 23.8. The number of ether oxygens (including phenoxy) is 2. The molecule has 0 aromatic heterocycles. The number of methoxy groups -OCH3 is 2. The Kier molecular flexibility index (Phi) is 7.70. The first-order valence-corrected chi connectivity index (χ1v) is 10.1. The molecular weight excluding hydrogens is 448 g/mol. The number of benzene rings is 3. The number of nitrogens with one attached hydrogen (secondary N) is 1. The van der Waals surface area contributed by atoms with Crippen LogP contribution in [0.3, 0.4) is 0 Å². The third-order valence-electron chi connectivity index (χ3n) is 4.86. The lowest BCUT2D eigenvalue weighted by Crippen LogP contribution is -2.12. The van der Waals surface area contributed by atoms with E-state index in [0.717, 1.165) is 12.1 Å². The molecule has 5 nitrogen and oxygen atoms in total. The van der Waals surface area contributed by atoms with Crippen LogP contribution in [0.4, 0.5) is 14.5 Å². The second-order valence-electron chi connectivity index (χ2n) is 6.83. The number of halogens is 2. The largest absolute Gasteiger partial charge is 0.465 e. The Morgan fingerprint density at radius 3 is 2.18 bits per heavy atom. The van der Waals surface area contributed by atoms with Gasteiger partial charge in [0.15, 0.2) is 11.6 Å². The molecule has 0 unspecified atom stereocenters. The van der Waals surface area contributed by atoms with Gasteiger partial charge in [0.2, 0.25) is 0 Å². The summed E-state index contributed by atoms with van der Waals surface area (Å²) in [5.41, 5.74) is 3.12. The normalized spacial score (nSPS) is 10.1. The lowest BCUT2D eigenvalue weighted by Gasteiger charge is -2.15. The van der Waals surface area contributed by atoms with Crippen LogP contribution in [0.15, 0.2) is 54.6 Å². The fourth-order valence-electron chi connectivity index (χ4n) is 3.22.